The Hall–Kier alpha value is -0.990. The van der Waals surface area contributed by atoms with Crippen LogP contribution < -0.4 is 0 Å². The normalized spacial score (nSPS) is 10.2. The molecule has 0 nitrogen and oxygen atoms in total. The molecule has 0 spiro atoms. The third-order valence-electron chi connectivity index (χ3n) is 1.47. The maximum absolute atomic E-state index is 12.6. The Morgan fingerprint density at radius 2 is 1.55 bits per heavy atom. The first-order valence-corrected chi connectivity index (χ1v) is 3.28. The minimum atomic E-state index is -1.14. The molecule has 0 aliphatic rings. The molecule has 0 amide bonds. The number of hydrogen-bond acceptors (Lipinski definition) is 0. The van der Waals surface area contributed by atoms with Crippen LogP contribution >= 0.6 is 0 Å². The smallest absolute Gasteiger partial charge is 0.161 e. The Bertz CT molecular complexity index is 268. The summed E-state index contributed by atoms with van der Waals surface area (Å²) in [7, 11) is 0. The Morgan fingerprint density at radius 3 is 2.09 bits per heavy atom. The van der Waals surface area contributed by atoms with Crippen molar-refractivity contribution in [3.63, 3.8) is 0 Å². The molecule has 0 atom stereocenters. The van der Waals surface area contributed by atoms with Gasteiger partial charge in [-0.2, -0.15) is 0 Å². The Kier molecular flexibility index (Phi) is 2.17. The largest absolute Gasteiger partial charge is 0.207 e. The fourth-order valence-corrected chi connectivity index (χ4v) is 0.835. The number of aryl methyl sites for hydroxylation is 1. The summed E-state index contributed by atoms with van der Waals surface area (Å²) >= 11 is 0. The van der Waals surface area contributed by atoms with Crippen molar-refractivity contribution in [3.8, 4) is 0 Å². The molecule has 0 radical (unpaired) electrons. The molecule has 0 saturated heterocycles. The second-order valence-corrected chi connectivity index (χ2v) is 2.21. The van der Waals surface area contributed by atoms with Crippen molar-refractivity contribution < 1.29 is 13.2 Å². The average molecular weight is 160 g/mol. The molecule has 0 fully saturated rings. The topological polar surface area (TPSA) is 0 Å². The molecule has 0 aliphatic heterocycles. The molecule has 60 valence electrons. The van der Waals surface area contributed by atoms with Crippen LogP contribution in [-0.4, -0.2) is 0 Å². The lowest BCUT2D eigenvalue weighted by Crippen LogP contribution is -1.92. The van der Waals surface area contributed by atoms with Gasteiger partial charge in [0.1, 0.15) is 5.82 Å². The monoisotopic (exact) mass is 160 g/mol. The van der Waals surface area contributed by atoms with Crippen LogP contribution in [0.5, 0.6) is 0 Å². The lowest BCUT2D eigenvalue weighted by Gasteiger charge is -1.99. The van der Waals surface area contributed by atoms with E-state index in [1.165, 1.54) is 0 Å². The van der Waals surface area contributed by atoms with E-state index in [1.807, 2.05) is 0 Å². The number of hydrogen-bond donors (Lipinski definition) is 0. The second-order valence-electron chi connectivity index (χ2n) is 2.21. The highest BCUT2D eigenvalue weighted by molar-refractivity contribution is 5.19. The van der Waals surface area contributed by atoms with Gasteiger partial charge >= 0.3 is 0 Å². The van der Waals surface area contributed by atoms with Crippen LogP contribution in [0.3, 0.4) is 0 Å². The molecule has 0 aromatic heterocycles. The predicted octanol–water partition coefficient (Wildman–Crippen LogP) is 2.67. The van der Waals surface area contributed by atoms with Crippen molar-refractivity contribution in [2.75, 3.05) is 0 Å². The summed E-state index contributed by atoms with van der Waals surface area (Å²) in [5, 5.41) is 0. The molecule has 11 heavy (non-hydrogen) atoms. The number of rotatable bonds is 1. The van der Waals surface area contributed by atoms with Crippen LogP contribution in [0.1, 0.15) is 12.5 Å². The third kappa shape index (κ3) is 1.53. The van der Waals surface area contributed by atoms with E-state index in [1.54, 1.807) is 6.92 Å². The lowest BCUT2D eigenvalue weighted by molar-refractivity contribution is 0.490. The lowest BCUT2D eigenvalue weighted by atomic mass is 10.1. The summed E-state index contributed by atoms with van der Waals surface area (Å²) < 4.78 is 37.3. The van der Waals surface area contributed by atoms with Gasteiger partial charge in [-0.15, -0.1) is 0 Å². The van der Waals surface area contributed by atoms with Crippen molar-refractivity contribution in [2.24, 2.45) is 0 Å². The van der Waals surface area contributed by atoms with Gasteiger partial charge in [0.15, 0.2) is 11.6 Å². The fourth-order valence-electron chi connectivity index (χ4n) is 0.835. The Labute approximate surface area is 62.7 Å². The maximum Gasteiger partial charge on any atom is 0.161 e. The fraction of sp³-hybridized carbons (Fsp3) is 0.250. The predicted molar refractivity (Wildman–Crippen MR) is 35.7 cm³/mol. The molecular formula is C8H7F3. The van der Waals surface area contributed by atoms with Crippen LogP contribution in [0.15, 0.2) is 12.1 Å². The number of halogens is 3. The van der Waals surface area contributed by atoms with Gasteiger partial charge in [-0.1, -0.05) is 6.92 Å². The molecule has 0 unspecified atom stereocenters. The van der Waals surface area contributed by atoms with Crippen molar-refractivity contribution in [1.82, 2.24) is 0 Å². The maximum atomic E-state index is 12.6. The van der Waals surface area contributed by atoms with E-state index >= 15 is 0 Å². The van der Waals surface area contributed by atoms with Crippen molar-refractivity contribution in [3.05, 3.63) is 35.1 Å². The zero-order chi connectivity index (χ0) is 8.43. The minimum Gasteiger partial charge on any atom is -0.207 e. The van der Waals surface area contributed by atoms with Crippen molar-refractivity contribution in [2.45, 2.75) is 13.3 Å². The van der Waals surface area contributed by atoms with E-state index < -0.39 is 17.5 Å². The van der Waals surface area contributed by atoms with Gasteiger partial charge in [0.05, 0.1) is 0 Å². The molecular weight excluding hydrogens is 153 g/mol. The Morgan fingerprint density at radius 1 is 1.00 bits per heavy atom. The second kappa shape index (κ2) is 2.95. The van der Waals surface area contributed by atoms with Gasteiger partial charge in [-0.25, -0.2) is 13.2 Å². The molecule has 1 rings (SSSR count). The molecule has 0 N–H and O–H groups in total. The first kappa shape index (κ1) is 8.11. The molecule has 0 heterocycles. The number of benzene rings is 1. The van der Waals surface area contributed by atoms with Crippen LogP contribution in [0.4, 0.5) is 13.2 Å². The third-order valence-corrected chi connectivity index (χ3v) is 1.47. The van der Waals surface area contributed by atoms with Gasteiger partial charge in [0.25, 0.3) is 0 Å². The summed E-state index contributed by atoms with van der Waals surface area (Å²) in [6.07, 6.45) is 0.364. The van der Waals surface area contributed by atoms with Gasteiger partial charge < -0.3 is 0 Å². The molecule has 0 aliphatic carbocycles. The molecule has 1 aromatic rings. The van der Waals surface area contributed by atoms with E-state index in [2.05, 4.69) is 0 Å². The van der Waals surface area contributed by atoms with E-state index in [-0.39, 0.29) is 5.56 Å². The van der Waals surface area contributed by atoms with Gasteiger partial charge in [-0.3, -0.25) is 0 Å². The minimum absolute atomic E-state index is 0.198. The van der Waals surface area contributed by atoms with E-state index in [4.69, 9.17) is 0 Å². The summed E-state index contributed by atoms with van der Waals surface area (Å²) in [6, 6.07) is 1.44. The van der Waals surface area contributed by atoms with Crippen molar-refractivity contribution >= 4 is 0 Å². The van der Waals surface area contributed by atoms with Gasteiger partial charge in [0, 0.05) is 6.07 Å². The highest BCUT2D eigenvalue weighted by Crippen LogP contribution is 2.13. The van der Waals surface area contributed by atoms with E-state index in [9.17, 15) is 13.2 Å². The van der Waals surface area contributed by atoms with E-state index in [0.717, 1.165) is 6.07 Å². The summed E-state index contributed by atoms with van der Waals surface area (Å²) in [5.41, 5.74) is 0.198. The average Bonchev–Trinajstić information content (AvgIpc) is 1.97. The first-order valence-electron chi connectivity index (χ1n) is 3.28. The van der Waals surface area contributed by atoms with Crippen molar-refractivity contribution in [1.29, 1.82) is 0 Å². The molecule has 3 heteroatoms. The zero-order valence-electron chi connectivity index (χ0n) is 6.00. The first-order chi connectivity index (χ1) is 5.15. The summed E-state index contributed by atoms with van der Waals surface area (Å²) in [6.45, 7) is 1.68. The van der Waals surface area contributed by atoms with E-state index in [0.29, 0.717) is 12.5 Å². The quantitative estimate of drug-likeness (QED) is 0.554. The van der Waals surface area contributed by atoms with Crippen LogP contribution in [-0.2, 0) is 6.42 Å². The highest BCUT2D eigenvalue weighted by atomic mass is 19.2. The summed E-state index contributed by atoms with van der Waals surface area (Å²) in [4.78, 5) is 0. The highest BCUT2D eigenvalue weighted by Gasteiger charge is 2.07. The molecule has 1 aromatic carbocycles. The standard InChI is InChI=1S/C8H7F3/c1-2-5-3-7(10)8(11)4-6(5)9/h3-4H,2H2,1H3. The van der Waals surface area contributed by atoms with Crippen LogP contribution in [0.25, 0.3) is 0 Å². The molecule has 0 bridgehead atoms. The molecule has 0 saturated carbocycles. The van der Waals surface area contributed by atoms with Gasteiger partial charge in [0.2, 0.25) is 0 Å². The van der Waals surface area contributed by atoms with Crippen LogP contribution in [0.2, 0.25) is 0 Å². The van der Waals surface area contributed by atoms with Crippen LogP contribution in [0, 0.1) is 17.5 Å². The van der Waals surface area contributed by atoms with Gasteiger partial charge in [-0.05, 0) is 18.1 Å². The summed E-state index contributed by atoms with van der Waals surface area (Å²) in [5.74, 6) is -2.82. The Balaban J connectivity index is 3.21. The SMILES string of the molecule is CCc1cc(F)c(F)cc1F. The zero-order valence-corrected chi connectivity index (χ0v) is 6.00.